The maximum Gasteiger partial charge on any atom is 0.257 e. The van der Waals surface area contributed by atoms with E-state index in [4.69, 9.17) is 8.94 Å². The van der Waals surface area contributed by atoms with Crippen LogP contribution in [0.4, 0.5) is 0 Å². The average molecular weight is 288 g/mol. The molecular formula is C14H12N2O3S. The molecule has 2 aromatic heterocycles. The van der Waals surface area contributed by atoms with Crippen molar-refractivity contribution in [2.24, 2.45) is 0 Å². The lowest BCUT2D eigenvalue weighted by Crippen LogP contribution is -1.98. The van der Waals surface area contributed by atoms with E-state index in [2.05, 4.69) is 10.1 Å². The van der Waals surface area contributed by atoms with E-state index in [1.165, 1.54) is 6.26 Å². The first kappa shape index (κ1) is 12.8. The van der Waals surface area contributed by atoms with E-state index in [1.807, 2.05) is 30.3 Å². The highest BCUT2D eigenvalue weighted by Gasteiger charge is 2.15. The summed E-state index contributed by atoms with van der Waals surface area (Å²) in [5.41, 5.74) is 0.844. The molecule has 102 valence electrons. The zero-order chi connectivity index (χ0) is 13.9. The van der Waals surface area contributed by atoms with Crippen molar-refractivity contribution in [3.8, 4) is 11.5 Å². The van der Waals surface area contributed by atoms with Crippen LogP contribution in [0.5, 0.6) is 0 Å². The highest BCUT2D eigenvalue weighted by Crippen LogP contribution is 2.19. The third kappa shape index (κ3) is 2.55. The number of benzene rings is 1. The van der Waals surface area contributed by atoms with Gasteiger partial charge in [-0.25, -0.2) is 0 Å². The van der Waals surface area contributed by atoms with Crippen molar-refractivity contribution in [2.45, 2.75) is 17.6 Å². The molecule has 2 heterocycles. The highest BCUT2D eigenvalue weighted by atomic mass is 32.2. The predicted molar refractivity (Wildman–Crippen MR) is 73.3 cm³/mol. The second-order valence-electron chi connectivity index (χ2n) is 4.21. The van der Waals surface area contributed by atoms with Crippen LogP contribution in [-0.2, 0) is 16.6 Å². The lowest BCUT2D eigenvalue weighted by atomic mass is 10.2. The maximum absolute atomic E-state index is 12.2. The van der Waals surface area contributed by atoms with Crippen molar-refractivity contribution in [3.63, 3.8) is 0 Å². The van der Waals surface area contributed by atoms with Crippen LogP contribution in [0.25, 0.3) is 11.5 Å². The number of aryl methyl sites for hydroxylation is 1. The molecule has 3 rings (SSSR count). The Morgan fingerprint density at radius 2 is 2.00 bits per heavy atom. The normalized spacial score (nSPS) is 12.4. The fourth-order valence-electron chi connectivity index (χ4n) is 1.82. The maximum atomic E-state index is 12.2. The molecule has 0 aliphatic rings. The largest absolute Gasteiger partial charge is 0.468 e. The first-order valence-corrected chi connectivity index (χ1v) is 7.36. The summed E-state index contributed by atoms with van der Waals surface area (Å²) < 4.78 is 22.5. The van der Waals surface area contributed by atoms with Gasteiger partial charge in [0, 0.05) is 5.56 Å². The Kier molecular flexibility index (Phi) is 3.47. The van der Waals surface area contributed by atoms with Crippen LogP contribution in [0.3, 0.4) is 0 Å². The van der Waals surface area contributed by atoms with E-state index in [-0.39, 0.29) is 5.75 Å². The van der Waals surface area contributed by atoms with Gasteiger partial charge in [0.15, 0.2) is 5.82 Å². The molecule has 0 radical (unpaired) electrons. The minimum atomic E-state index is -1.24. The van der Waals surface area contributed by atoms with Crippen molar-refractivity contribution in [1.29, 1.82) is 0 Å². The van der Waals surface area contributed by atoms with Gasteiger partial charge in [0.1, 0.15) is 5.76 Å². The molecule has 0 spiro atoms. The van der Waals surface area contributed by atoms with Gasteiger partial charge >= 0.3 is 0 Å². The summed E-state index contributed by atoms with van der Waals surface area (Å²) in [5.74, 6) is 1.70. The monoisotopic (exact) mass is 288 g/mol. The predicted octanol–water partition coefficient (Wildman–Crippen LogP) is 2.95. The van der Waals surface area contributed by atoms with Gasteiger partial charge in [0.05, 0.1) is 27.7 Å². The standard InChI is InChI=1S/C14H12N2O3S/c1-10-12(7-8-18-10)20(17)9-13-15-14(19-16-13)11-5-3-2-4-6-11/h2-8H,9H2,1H3/t20-/m0/s1. The van der Waals surface area contributed by atoms with Gasteiger partial charge in [0.2, 0.25) is 0 Å². The van der Waals surface area contributed by atoms with Crippen molar-refractivity contribution in [2.75, 3.05) is 0 Å². The first-order valence-electron chi connectivity index (χ1n) is 6.04. The van der Waals surface area contributed by atoms with Gasteiger partial charge in [0.25, 0.3) is 5.89 Å². The third-order valence-corrected chi connectivity index (χ3v) is 4.24. The van der Waals surface area contributed by atoms with Crippen molar-refractivity contribution < 1.29 is 13.1 Å². The summed E-state index contributed by atoms with van der Waals surface area (Å²) >= 11 is 0. The molecule has 0 N–H and O–H groups in total. The molecule has 0 amide bonds. The molecule has 1 atom stereocenters. The zero-order valence-corrected chi connectivity index (χ0v) is 11.6. The second kappa shape index (κ2) is 5.42. The molecule has 0 saturated heterocycles. The van der Waals surface area contributed by atoms with Crippen LogP contribution in [0.15, 0.2) is 56.5 Å². The number of hydrogen-bond donors (Lipinski definition) is 0. The fourth-order valence-corrected chi connectivity index (χ4v) is 2.90. The molecular weight excluding hydrogens is 276 g/mol. The number of rotatable bonds is 4. The number of furan rings is 1. The Balaban J connectivity index is 1.78. The van der Waals surface area contributed by atoms with Crippen LogP contribution in [0, 0.1) is 6.92 Å². The van der Waals surface area contributed by atoms with E-state index >= 15 is 0 Å². The van der Waals surface area contributed by atoms with Crippen molar-refractivity contribution in [1.82, 2.24) is 10.1 Å². The Morgan fingerprint density at radius 3 is 2.70 bits per heavy atom. The van der Waals surface area contributed by atoms with Crippen LogP contribution >= 0.6 is 0 Å². The number of aromatic nitrogens is 2. The smallest absolute Gasteiger partial charge is 0.257 e. The summed E-state index contributed by atoms with van der Waals surface area (Å²) in [7, 11) is -1.24. The minimum absolute atomic E-state index is 0.205. The molecule has 0 aliphatic carbocycles. The molecule has 0 unspecified atom stereocenters. The van der Waals surface area contributed by atoms with Crippen molar-refractivity contribution in [3.05, 3.63) is 54.2 Å². The highest BCUT2D eigenvalue weighted by molar-refractivity contribution is 7.84. The molecule has 0 bridgehead atoms. The Morgan fingerprint density at radius 1 is 1.20 bits per heavy atom. The molecule has 0 aliphatic heterocycles. The molecule has 3 aromatic rings. The Bertz CT molecular complexity index is 734. The topological polar surface area (TPSA) is 69.1 Å². The van der Waals surface area contributed by atoms with Gasteiger partial charge in [-0.2, -0.15) is 4.98 Å². The van der Waals surface area contributed by atoms with E-state index in [1.54, 1.807) is 13.0 Å². The van der Waals surface area contributed by atoms with Crippen molar-refractivity contribution >= 4 is 10.8 Å². The second-order valence-corrected chi connectivity index (χ2v) is 5.63. The molecule has 1 aromatic carbocycles. The summed E-state index contributed by atoms with van der Waals surface area (Å²) in [6.45, 7) is 1.78. The lowest BCUT2D eigenvalue weighted by Gasteiger charge is -1.95. The molecule has 5 nitrogen and oxygen atoms in total. The first-order chi connectivity index (χ1) is 9.74. The van der Waals surface area contributed by atoms with Gasteiger partial charge in [-0.05, 0) is 25.1 Å². The lowest BCUT2D eigenvalue weighted by molar-refractivity contribution is 0.425. The Labute approximate surface area is 118 Å². The van der Waals surface area contributed by atoms with E-state index in [9.17, 15) is 4.21 Å². The Hall–Kier alpha value is -2.21. The third-order valence-electron chi connectivity index (χ3n) is 2.81. The van der Waals surface area contributed by atoms with E-state index in [0.29, 0.717) is 22.4 Å². The molecule has 20 heavy (non-hydrogen) atoms. The van der Waals surface area contributed by atoms with Crippen LogP contribution in [0.2, 0.25) is 0 Å². The van der Waals surface area contributed by atoms with Gasteiger partial charge in [-0.1, -0.05) is 23.4 Å². The van der Waals surface area contributed by atoms with Crippen LogP contribution in [-0.4, -0.2) is 14.3 Å². The summed E-state index contributed by atoms with van der Waals surface area (Å²) in [5, 5.41) is 3.86. The minimum Gasteiger partial charge on any atom is -0.468 e. The SMILES string of the molecule is Cc1occc1[S@@](=O)Cc1noc(-c2ccccc2)n1. The number of hydrogen-bond acceptors (Lipinski definition) is 5. The van der Waals surface area contributed by atoms with E-state index < -0.39 is 10.8 Å². The zero-order valence-electron chi connectivity index (χ0n) is 10.8. The van der Waals surface area contributed by atoms with E-state index in [0.717, 1.165) is 5.56 Å². The fraction of sp³-hybridized carbons (Fsp3) is 0.143. The van der Waals surface area contributed by atoms with Crippen LogP contribution < -0.4 is 0 Å². The van der Waals surface area contributed by atoms with Crippen LogP contribution in [0.1, 0.15) is 11.6 Å². The van der Waals surface area contributed by atoms with Gasteiger partial charge in [-0.15, -0.1) is 0 Å². The summed E-state index contributed by atoms with van der Waals surface area (Å²) in [6, 6.07) is 11.2. The molecule has 0 saturated carbocycles. The molecule has 6 heteroatoms. The number of nitrogens with zero attached hydrogens (tertiary/aromatic N) is 2. The summed E-state index contributed by atoms with van der Waals surface area (Å²) in [4.78, 5) is 4.92. The van der Waals surface area contributed by atoms with Gasteiger partial charge in [-0.3, -0.25) is 4.21 Å². The quantitative estimate of drug-likeness (QED) is 0.738. The summed E-state index contributed by atoms with van der Waals surface area (Å²) in [6.07, 6.45) is 1.52. The molecule has 0 fully saturated rings. The van der Waals surface area contributed by atoms with Gasteiger partial charge < -0.3 is 8.94 Å². The average Bonchev–Trinajstić information content (AvgIpc) is 3.09.